The molecule has 3 unspecified atom stereocenters. The van der Waals surface area contributed by atoms with Gasteiger partial charge in [0.1, 0.15) is 0 Å². The summed E-state index contributed by atoms with van der Waals surface area (Å²) in [5, 5.41) is 0. The van der Waals surface area contributed by atoms with Gasteiger partial charge in [0.15, 0.2) is 0 Å². The Bertz CT molecular complexity index is 260. The van der Waals surface area contributed by atoms with Gasteiger partial charge in [0.2, 0.25) is 0 Å². The van der Waals surface area contributed by atoms with Crippen molar-refractivity contribution in [1.82, 2.24) is 0 Å². The van der Waals surface area contributed by atoms with Gasteiger partial charge in [-0.25, -0.2) is 4.79 Å². The highest BCUT2D eigenvalue weighted by atomic mass is 16.7. The molecular weight excluding hydrogens is 192 g/mol. The lowest BCUT2D eigenvalue weighted by atomic mass is 9.95. The summed E-state index contributed by atoms with van der Waals surface area (Å²) in [5.41, 5.74) is 0. The van der Waals surface area contributed by atoms with Gasteiger partial charge in [-0.15, -0.1) is 0 Å². The third kappa shape index (κ3) is 2.52. The zero-order chi connectivity index (χ0) is 10.7. The molecule has 1 saturated carbocycles. The molecule has 0 amide bonds. The van der Waals surface area contributed by atoms with Crippen LogP contribution in [0.5, 0.6) is 0 Å². The number of ether oxygens (including phenoxy) is 2. The molecular formula is C12H18O3. The van der Waals surface area contributed by atoms with Crippen molar-refractivity contribution in [2.75, 3.05) is 13.2 Å². The Morgan fingerprint density at radius 2 is 2.20 bits per heavy atom. The van der Waals surface area contributed by atoms with Gasteiger partial charge < -0.3 is 9.47 Å². The summed E-state index contributed by atoms with van der Waals surface area (Å²) >= 11 is 0. The SMILES string of the molecule is CCCOC(=O)OCC1CC2C=CC1C2. The third-order valence-electron chi connectivity index (χ3n) is 3.26. The lowest BCUT2D eigenvalue weighted by Crippen LogP contribution is -2.18. The van der Waals surface area contributed by atoms with Gasteiger partial charge in [-0.05, 0) is 31.1 Å². The molecule has 0 heterocycles. The molecule has 3 atom stereocenters. The Kier molecular flexibility index (Phi) is 3.29. The maximum absolute atomic E-state index is 11.1. The van der Waals surface area contributed by atoms with Gasteiger partial charge in [-0.2, -0.15) is 0 Å². The van der Waals surface area contributed by atoms with Crippen LogP contribution in [-0.4, -0.2) is 19.4 Å². The Morgan fingerprint density at radius 3 is 2.80 bits per heavy atom. The molecule has 2 rings (SSSR count). The molecule has 0 aromatic rings. The van der Waals surface area contributed by atoms with Crippen molar-refractivity contribution in [3.63, 3.8) is 0 Å². The van der Waals surface area contributed by atoms with Crippen LogP contribution in [0, 0.1) is 17.8 Å². The highest BCUT2D eigenvalue weighted by molar-refractivity contribution is 5.59. The quantitative estimate of drug-likeness (QED) is 0.528. The summed E-state index contributed by atoms with van der Waals surface area (Å²) < 4.78 is 9.94. The second-order valence-corrected chi connectivity index (χ2v) is 4.45. The van der Waals surface area contributed by atoms with Gasteiger partial charge >= 0.3 is 6.16 Å². The lowest BCUT2D eigenvalue weighted by Gasteiger charge is -2.17. The van der Waals surface area contributed by atoms with Crippen LogP contribution in [0.15, 0.2) is 12.2 Å². The first-order valence-corrected chi connectivity index (χ1v) is 5.77. The fourth-order valence-electron chi connectivity index (χ4n) is 2.49. The van der Waals surface area contributed by atoms with Gasteiger partial charge in [0.25, 0.3) is 0 Å². The summed E-state index contributed by atoms with van der Waals surface area (Å²) in [4.78, 5) is 11.1. The van der Waals surface area contributed by atoms with Crippen molar-refractivity contribution >= 4 is 6.16 Å². The predicted octanol–water partition coefficient (Wildman–Crippen LogP) is 2.76. The van der Waals surface area contributed by atoms with Gasteiger partial charge in [0.05, 0.1) is 13.2 Å². The number of carbonyl (C=O) groups excluding carboxylic acids is 1. The number of hydrogen-bond acceptors (Lipinski definition) is 3. The smallest absolute Gasteiger partial charge is 0.434 e. The standard InChI is InChI=1S/C12H18O3/c1-2-5-14-12(13)15-8-11-7-9-3-4-10(11)6-9/h3-4,9-11H,2,5-8H2,1H3. The van der Waals surface area contributed by atoms with Crippen molar-refractivity contribution in [1.29, 1.82) is 0 Å². The van der Waals surface area contributed by atoms with Gasteiger partial charge in [-0.3, -0.25) is 0 Å². The van der Waals surface area contributed by atoms with Crippen LogP contribution < -0.4 is 0 Å². The summed E-state index contributed by atoms with van der Waals surface area (Å²) in [6, 6.07) is 0. The fraction of sp³-hybridized carbons (Fsp3) is 0.750. The molecule has 2 bridgehead atoms. The normalized spacial score (nSPS) is 31.9. The van der Waals surface area contributed by atoms with Crippen LogP contribution in [0.1, 0.15) is 26.2 Å². The molecule has 3 nitrogen and oxygen atoms in total. The minimum absolute atomic E-state index is 0.454. The first kappa shape index (κ1) is 10.5. The van der Waals surface area contributed by atoms with Crippen molar-refractivity contribution < 1.29 is 14.3 Å². The first-order chi connectivity index (χ1) is 7.29. The van der Waals surface area contributed by atoms with E-state index in [0.29, 0.717) is 25.0 Å². The molecule has 1 fully saturated rings. The zero-order valence-electron chi connectivity index (χ0n) is 9.15. The Morgan fingerprint density at radius 1 is 1.33 bits per heavy atom. The van der Waals surface area contributed by atoms with E-state index in [1.807, 2.05) is 6.92 Å². The molecule has 2 aliphatic carbocycles. The van der Waals surface area contributed by atoms with Crippen LogP contribution in [0.3, 0.4) is 0 Å². The van der Waals surface area contributed by atoms with Crippen LogP contribution >= 0.6 is 0 Å². The molecule has 0 spiro atoms. The molecule has 0 radical (unpaired) electrons. The van der Waals surface area contributed by atoms with E-state index in [0.717, 1.165) is 12.3 Å². The summed E-state index contributed by atoms with van der Waals surface area (Å²) in [6.07, 6.45) is 7.30. The van der Waals surface area contributed by atoms with E-state index in [-0.39, 0.29) is 0 Å². The monoisotopic (exact) mass is 210 g/mol. The fourth-order valence-corrected chi connectivity index (χ4v) is 2.49. The minimum Gasteiger partial charge on any atom is -0.434 e. The average molecular weight is 210 g/mol. The van der Waals surface area contributed by atoms with E-state index in [9.17, 15) is 4.79 Å². The topological polar surface area (TPSA) is 35.5 Å². The third-order valence-corrected chi connectivity index (χ3v) is 3.26. The summed E-state index contributed by atoms with van der Waals surface area (Å²) in [7, 11) is 0. The van der Waals surface area contributed by atoms with Gasteiger partial charge in [0, 0.05) is 5.92 Å². The van der Waals surface area contributed by atoms with Crippen molar-refractivity contribution in [2.45, 2.75) is 26.2 Å². The number of hydrogen-bond donors (Lipinski definition) is 0. The van der Waals surface area contributed by atoms with Crippen LogP contribution in [0.2, 0.25) is 0 Å². The maximum Gasteiger partial charge on any atom is 0.508 e. The molecule has 0 aromatic carbocycles. The molecule has 0 aliphatic heterocycles. The summed E-state index contributed by atoms with van der Waals surface area (Å²) in [6.45, 7) is 2.94. The maximum atomic E-state index is 11.1. The Hall–Kier alpha value is -0.990. The minimum atomic E-state index is -0.511. The second kappa shape index (κ2) is 4.69. The second-order valence-electron chi connectivity index (χ2n) is 4.45. The summed E-state index contributed by atoms with van der Waals surface area (Å²) in [5.74, 6) is 1.89. The molecule has 0 aromatic heterocycles. The number of carbonyl (C=O) groups is 1. The van der Waals surface area contributed by atoms with E-state index in [2.05, 4.69) is 12.2 Å². The van der Waals surface area contributed by atoms with Gasteiger partial charge in [-0.1, -0.05) is 19.1 Å². The Balaban J connectivity index is 1.66. The van der Waals surface area contributed by atoms with E-state index >= 15 is 0 Å². The highest BCUT2D eigenvalue weighted by Crippen LogP contribution is 2.43. The van der Waals surface area contributed by atoms with E-state index < -0.39 is 6.16 Å². The van der Waals surface area contributed by atoms with E-state index in [1.165, 1.54) is 12.8 Å². The number of allylic oxidation sites excluding steroid dienone is 2. The number of fused-ring (bicyclic) bond motifs is 2. The molecule has 2 aliphatic rings. The van der Waals surface area contributed by atoms with Crippen molar-refractivity contribution in [3.05, 3.63) is 12.2 Å². The van der Waals surface area contributed by atoms with Crippen LogP contribution in [-0.2, 0) is 9.47 Å². The number of rotatable bonds is 4. The lowest BCUT2D eigenvalue weighted by molar-refractivity contribution is 0.0415. The average Bonchev–Trinajstić information content (AvgIpc) is 2.84. The van der Waals surface area contributed by atoms with Crippen molar-refractivity contribution in [2.24, 2.45) is 17.8 Å². The predicted molar refractivity (Wildman–Crippen MR) is 56.4 cm³/mol. The van der Waals surface area contributed by atoms with Crippen LogP contribution in [0.25, 0.3) is 0 Å². The molecule has 0 saturated heterocycles. The zero-order valence-corrected chi connectivity index (χ0v) is 9.15. The molecule has 3 heteroatoms. The highest BCUT2D eigenvalue weighted by Gasteiger charge is 2.36. The molecule has 84 valence electrons. The first-order valence-electron chi connectivity index (χ1n) is 5.77. The largest absolute Gasteiger partial charge is 0.508 e. The van der Waals surface area contributed by atoms with E-state index in [4.69, 9.17) is 9.47 Å². The Labute approximate surface area is 90.4 Å². The van der Waals surface area contributed by atoms with Crippen molar-refractivity contribution in [3.8, 4) is 0 Å². The van der Waals surface area contributed by atoms with Crippen LogP contribution in [0.4, 0.5) is 4.79 Å². The van der Waals surface area contributed by atoms with E-state index in [1.54, 1.807) is 0 Å². The molecule has 0 N–H and O–H groups in total. The molecule has 15 heavy (non-hydrogen) atoms.